The standard InChI is InChI=1S/C24H28FN7OS/c1-14-22(34-31-8-7-20(27)16(10-26)13-31)9-21(30(14)2)24(33)28-12-18-19(25)6-3-15-11-29-32(23(15)18)17-4-5-17/h3,6,9-11,17,26H,4-5,7-8,12-13,27H2,1-2H3,(H,28,33). The van der Waals surface area contributed by atoms with Gasteiger partial charge in [0.15, 0.2) is 0 Å². The predicted octanol–water partition coefficient (Wildman–Crippen LogP) is 3.66. The van der Waals surface area contributed by atoms with Gasteiger partial charge >= 0.3 is 0 Å². The Morgan fingerprint density at radius 3 is 2.94 bits per heavy atom. The summed E-state index contributed by atoms with van der Waals surface area (Å²) in [7, 11) is 1.86. The van der Waals surface area contributed by atoms with E-state index in [4.69, 9.17) is 11.1 Å². The third-order valence-electron chi connectivity index (χ3n) is 6.64. The minimum atomic E-state index is -0.339. The van der Waals surface area contributed by atoms with Crippen molar-refractivity contribution in [2.45, 2.75) is 43.7 Å². The summed E-state index contributed by atoms with van der Waals surface area (Å²) in [6.07, 6.45) is 5.88. The Morgan fingerprint density at radius 1 is 1.41 bits per heavy atom. The highest BCUT2D eigenvalue weighted by Crippen LogP contribution is 2.38. The van der Waals surface area contributed by atoms with E-state index >= 15 is 0 Å². The molecule has 1 aliphatic heterocycles. The number of amides is 1. The van der Waals surface area contributed by atoms with Gasteiger partial charge in [-0.2, -0.15) is 5.10 Å². The molecule has 1 amide bonds. The summed E-state index contributed by atoms with van der Waals surface area (Å²) < 4.78 is 20.7. The molecular formula is C24H28FN7OS. The second kappa shape index (κ2) is 8.92. The largest absolute Gasteiger partial charge is 0.402 e. The molecule has 2 aromatic heterocycles. The highest BCUT2D eigenvalue weighted by atomic mass is 32.2. The van der Waals surface area contributed by atoms with Gasteiger partial charge in [-0.1, -0.05) is 0 Å². The quantitative estimate of drug-likeness (QED) is 0.353. The van der Waals surface area contributed by atoms with Crippen molar-refractivity contribution in [1.82, 2.24) is 24.0 Å². The summed E-state index contributed by atoms with van der Waals surface area (Å²) in [5, 5.41) is 15.8. The summed E-state index contributed by atoms with van der Waals surface area (Å²) in [4.78, 5) is 14.1. The zero-order valence-corrected chi connectivity index (χ0v) is 20.1. The maximum Gasteiger partial charge on any atom is 0.268 e. The molecule has 4 N–H and O–H groups in total. The van der Waals surface area contributed by atoms with E-state index in [0.29, 0.717) is 30.3 Å². The first-order valence-electron chi connectivity index (χ1n) is 11.4. The number of hydrogen-bond acceptors (Lipinski definition) is 6. The fourth-order valence-electron chi connectivity index (χ4n) is 4.32. The first-order chi connectivity index (χ1) is 16.4. The Balaban J connectivity index is 1.33. The Kier molecular flexibility index (Phi) is 5.95. The number of fused-ring (bicyclic) bond motifs is 1. The van der Waals surface area contributed by atoms with Gasteiger partial charge in [-0.25, -0.2) is 8.70 Å². The van der Waals surface area contributed by atoms with E-state index in [2.05, 4.69) is 14.7 Å². The number of carbonyl (C=O) groups excluding carboxylic acids is 1. The van der Waals surface area contributed by atoms with Crippen LogP contribution >= 0.6 is 11.9 Å². The van der Waals surface area contributed by atoms with Crippen LogP contribution in [0.1, 0.15) is 47.1 Å². The summed E-state index contributed by atoms with van der Waals surface area (Å²) in [6.45, 7) is 3.43. The Labute approximate surface area is 201 Å². The van der Waals surface area contributed by atoms with Crippen LogP contribution in [0.25, 0.3) is 10.9 Å². The second-order valence-corrected chi connectivity index (χ2v) is 10.0. The van der Waals surface area contributed by atoms with Crippen LogP contribution in [0, 0.1) is 18.2 Å². The molecule has 0 unspecified atom stereocenters. The molecule has 10 heteroatoms. The van der Waals surface area contributed by atoms with E-state index in [0.717, 1.165) is 52.1 Å². The van der Waals surface area contributed by atoms with Crippen LogP contribution in [0.15, 0.2) is 40.6 Å². The highest BCUT2D eigenvalue weighted by molar-refractivity contribution is 7.97. The van der Waals surface area contributed by atoms with Crippen LogP contribution in [0.4, 0.5) is 4.39 Å². The second-order valence-electron chi connectivity index (χ2n) is 8.90. The van der Waals surface area contributed by atoms with Crippen molar-refractivity contribution in [3.63, 3.8) is 0 Å². The molecule has 1 fully saturated rings. The average molecular weight is 482 g/mol. The molecule has 0 radical (unpaired) electrons. The summed E-state index contributed by atoms with van der Waals surface area (Å²) in [6, 6.07) is 5.36. The van der Waals surface area contributed by atoms with E-state index in [-0.39, 0.29) is 18.3 Å². The minimum Gasteiger partial charge on any atom is -0.402 e. The fraction of sp³-hybridized carbons (Fsp3) is 0.375. The van der Waals surface area contributed by atoms with E-state index < -0.39 is 0 Å². The first-order valence-corrected chi connectivity index (χ1v) is 12.1. The molecule has 3 aromatic rings. The molecule has 178 valence electrons. The molecule has 3 heterocycles. The number of aromatic nitrogens is 3. The number of hydrogen-bond donors (Lipinski definition) is 3. The number of benzene rings is 1. The summed E-state index contributed by atoms with van der Waals surface area (Å²) in [5.41, 5.74) is 10.3. The van der Waals surface area contributed by atoms with Gasteiger partial charge in [0.2, 0.25) is 0 Å². The van der Waals surface area contributed by atoms with Crippen molar-refractivity contribution in [3.8, 4) is 0 Å². The van der Waals surface area contributed by atoms with Gasteiger partial charge in [0.1, 0.15) is 11.5 Å². The van der Waals surface area contributed by atoms with Crippen molar-refractivity contribution in [2.75, 3.05) is 13.1 Å². The van der Waals surface area contributed by atoms with Gasteiger partial charge < -0.3 is 21.0 Å². The summed E-state index contributed by atoms with van der Waals surface area (Å²) in [5.74, 6) is -0.594. The summed E-state index contributed by atoms with van der Waals surface area (Å²) >= 11 is 1.56. The number of halogens is 1. The molecule has 0 spiro atoms. The zero-order valence-electron chi connectivity index (χ0n) is 19.3. The van der Waals surface area contributed by atoms with Crippen molar-refractivity contribution in [3.05, 3.63) is 58.4 Å². The van der Waals surface area contributed by atoms with Gasteiger partial charge in [0, 0.05) is 72.1 Å². The topological polar surface area (TPSA) is 105 Å². The molecular weight excluding hydrogens is 453 g/mol. The van der Waals surface area contributed by atoms with Crippen LogP contribution in [0.2, 0.25) is 0 Å². The van der Waals surface area contributed by atoms with Gasteiger partial charge in [-0.05, 0) is 49.9 Å². The predicted molar refractivity (Wildman–Crippen MR) is 131 cm³/mol. The number of nitrogens with zero attached hydrogens (tertiary/aromatic N) is 4. The van der Waals surface area contributed by atoms with E-state index in [1.54, 1.807) is 24.2 Å². The van der Waals surface area contributed by atoms with Crippen LogP contribution in [-0.4, -0.2) is 43.9 Å². The van der Waals surface area contributed by atoms with Crippen LogP contribution in [0.5, 0.6) is 0 Å². The normalized spacial score (nSPS) is 16.9. The third kappa shape index (κ3) is 4.12. The average Bonchev–Trinajstić information content (AvgIpc) is 3.53. The first kappa shape index (κ1) is 22.7. The molecule has 8 nitrogen and oxygen atoms in total. The monoisotopic (exact) mass is 481 g/mol. The fourth-order valence-corrected chi connectivity index (χ4v) is 5.42. The lowest BCUT2D eigenvalue weighted by atomic mass is 10.1. The molecule has 0 saturated heterocycles. The lowest BCUT2D eigenvalue weighted by Gasteiger charge is -2.26. The molecule has 1 saturated carbocycles. The maximum absolute atomic E-state index is 14.8. The van der Waals surface area contributed by atoms with Crippen molar-refractivity contribution in [1.29, 1.82) is 5.41 Å². The van der Waals surface area contributed by atoms with Gasteiger partial charge in [-0.15, -0.1) is 0 Å². The number of rotatable bonds is 7. The molecule has 0 bridgehead atoms. The molecule has 0 atom stereocenters. The SMILES string of the molecule is Cc1c(SN2CCC(N)=C(C=N)C2)cc(C(=O)NCc2c(F)ccc3cnn(C4CC4)c23)n1C. The lowest BCUT2D eigenvalue weighted by molar-refractivity contribution is 0.0942. The van der Waals surface area contributed by atoms with Gasteiger partial charge in [-0.3, -0.25) is 9.48 Å². The molecule has 1 aliphatic carbocycles. The van der Waals surface area contributed by atoms with Crippen LogP contribution < -0.4 is 11.1 Å². The van der Waals surface area contributed by atoms with Crippen molar-refractivity contribution >= 4 is 35.0 Å². The van der Waals surface area contributed by atoms with Crippen molar-refractivity contribution in [2.24, 2.45) is 12.8 Å². The zero-order chi connectivity index (χ0) is 24.0. The molecule has 2 aliphatic rings. The maximum atomic E-state index is 14.8. The van der Waals surface area contributed by atoms with Crippen LogP contribution in [0.3, 0.4) is 0 Å². The van der Waals surface area contributed by atoms with E-state index in [1.807, 2.05) is 29.3 Å². The highest BCUT2D eigenvalue weighted by Gasteiger charge is 2.28. The van der Waals surface area contributed by atoms with E-state index in [9.17, 15) is 9.18 Å². The smallest absolute Gasteiger partial charge is 0.268 e. The Bertz CT molecular complexity index is 1320. The number of nitrogens with two attached hydrogens (primary N) is 1. The molecule has 34 heavy (non-hydrogen) atoms. The van der Waals surface area contributed by atoms with Gasteiger partial charge in [0.05, 0.1) is 17.8 Å². The Hall–Kier alpha value is -3.11. The lowest BCUT2D eigenvalue weighted by Crippen LogP contribution is -2.29. The van der Waals surface area contributed by atoms with Crippen LogP contribution in [-0.2, 0) is 13.6 Å². The molecule has 5 rings (SSSR count). The van der Waals surface area contributed by atoms with Gasteiger partial charge in [0.25, 0.3) is 5.91 Å². The van der Waals surface area contributed by atoms with Crippen molar-refractivity contribution < 1.29 is 9.18 Å². The number of nitrogens with one attached hydrogen (secondary N) is 2. The third-order valence-corrected chi connectivity index (χ3v) is 7.82. The molecule has 1 aromatic carbocycles. The minimum absolute atomic E-state index is 0.0893. The number of carbonyl (C=O) groups is 1. The Morgan fingerprint density at radius 2 is 2.21 bits per heavy atom. The van der Waals surface area contributed by atoms with E-state index in [1.165, 1.54) is 12.3 Å².